The Bertz CT molecular complexity index is 983. The fraction of sp³-hybridized carbons (Fsp3) is 0.333. The zero-order chi connectivity index (χ0) is 18.8. The lowest BCUT2D eigenvalue weighted by molar-refractivity contribution is -0.132. The third-order valence-electron chi connectivity index (χ3n) is 5.13. The summed E-state index contributed by atoms with van der Waals surface area (Å²) in [5.41, 5.74) is 3.98. The molecule has 0 bridgehead atoms. The molecule has 1 aliphatic heterocycles. The number of hydrogen-bond acceptors (Lipinski definition) is 2. The van der Waals surface area contributed by atoms with E-state index in [9.17, 15) is 14.3 Å². The minimum Gasteiger partial charge on any atom is -0.337 e. The van der Waals surface area contributed by atoms with Crippen LogP contribution in [0.2, 0.25) is 0 Å². The van der Waals surface area contributed by atoms with Crippen LogP contribution in [0.1, 0.15) is 29.7 Å². The van der Waals surface area contributed by atoms with Gasteiger partial charge in [0.15, 0.2) is 0 Å². The van der Waals surface area contributed by atoms with Crippen molar-refractivity contribution in [2.75, 3.05) is 13.2 Å². The molecule has 0 fully saturated rings. The second-order valence-electron chi connectivity index (χ2n) is 6.89. The van der Waals surface area contributed by atoms with Gasteiger partial charge in [0.05, 0.1) is 13.2 Å². The van der Waals surface area contributed by atoms with Crippen LogP contribution in [0, 0.1) is 5.82 Å². The number of halogens is 1. The average molecular weight is 366 g/mol. The molecule has 0 aliphatic carbocycles. The largest absolute Gasteiger partial charge is 0.337 e. The van der Waals surface area contributed by atoms with Gasteiger partial charge < -0.3 is 9.47 Å². The topological polar surface area (TPSA) is 58.0 Å². The summed E-state index contributed by atoms with van der Waals surface area (Å²) in [5.74, 6) is -0.243. The van der Waals surface area contributed by atoms with E-state index in [0.717, 1.165) is 28.7 Å². The van der Waals surface area contributed by atoms with Gasteiger partial charge in [-0.25, -0.2) is 14.5 Å². The first-order chi connectivity index (χ1) is 13.2. The van der Waals surface area contributed by atoms with E-state index < -0.39 is 0 Å². The maximum atomic E-state index is 13.6. The summed E-state index contributed by atoms with van der Waals surface area (Å²) >= 11 is 0. The average Bonchev–Trinajstić information content (AvgIpc) is 2.99. The zero-order valence-corrected chi connectivity index (χ0v) is 15.0. The summed E-state index contributed by atoms with van der Waals surface area (Å²) in [7, 11) is 0. The normalized spacial score (nSPS) is 13.8. The number of benzene rings is 1. The second-order valence-corrected chi connectivity index (χ2v) is 6.89. The van der Waals surface area contributed by atoms with E-state index in [4.69, 9.17) is 0 Å². The van der Waals surface area contributed by atoms with E-state index >= 15 is 0 Å². The highest BCUT2D eigenvalue weighted by Gasteiger charge is 2.26. The van der Waals surface area contributed by atoms with E-state index in [1.54, 1.807) is 12.3 Å². The van der Waals surface area contributed by atoms with Crippen molar-refractivity contribution in [2.24, 2.45) is 0 Å². The van der Waals surface area contributed by atoms with Crippen molar-refractivity contribution in [3.05, 3.63) is 65.2 Å². The summed E-state index contributed by atoms with van der Waals surface area (Å²) in [5, 5.41) is 11.8. The highest BCUT2D eigenvalue weighted by molar-refractivity contribution is 5.84. The van der Waals surface area contributed by atoms with E-state index in [2.05, 4.69) is 15.6 Å². The first-order valence-corrected chi connectivity index (χ1v) is 9.22. The molecule has 1 amide bonds. The number of hydrogen-bond donors (Lipinski definition) is 0. The van der Waals surface area contributed by atoms with Crippen LogP contribution in [0.4, 0.5) is 4.39 Å². The number of aromatic nitrogens is 2. The third-order valence-corrected chi connectivity index (χ3v) is 5.13. The molecule has 6 heteroatoms. The maximum Gasteiger partial charge on any atom is 0.223 e. The summed E-state index contributed by atoms with van der Waals surface area (Å²) in [6, 6.07) is 10.5. The highest BCUT2D eigenvalue weighted by atomic mass is 19.1. The first kappa shape index (κ1) is 17.7. The van der Waals surface area contributed by atoms with Gasteiger partial charge in [0, 0.05) is 36.8 Å². The minimum atomic E-state index is -0.264. The van der Waals surface area contributed by atoms with E-state index in [-0.39, 0.29) is 18.3 Å². The van der Waals surface area contributed by atoms with Gasteiger partial charge in [-0.2, -0.15) is 0 Å². The minimum absolute atomic E-state index is 0.0204. The number of amides is 1. The molecular formula is C21H21FN3O2. The Labute approximate surface area is 157 Å². The lowest BCUT2D eigenvalue weighted by Gasteiger charge is -2.28. The number of nitrogens with zero attached hydrogens (tertiary/aromatic N) is 3. The summed E-state index contributed by atoms with van der Waals surface area (Å²) < 4.78 is 15.7. The molecule has 0 spiro atoms. The molecule has 0 saturated carbocycles. The van der Waals surface area contributed by atoms with Crippen molar-refractivity contribution in [1.82, 2.24) is 14.5 Å². The summed E-state index contributed by atoms with van der Waals surface area (Å²) in [6.45, 7) is 1.43. The van der Waals surface area contributed by atoms with Crippen molar-refractivity contribution in [2.45, 2.75) is 32.4 Å². The molecule has 0 saturated heterocycles. The van der Waals surface area contributed by atoms with Crippen molar-refractivity contribution >= 4 is 16.9 Å². The number of carbonyl (C=O) groups excluding carboxylic acids is 1. The number of rotatable bonds is 5. The standard InChI is InChI=1S/C21H21FN3O2/c22-16-5-1-4-15(12-16)13-25-19-14-24(20(27)7-3-11-26)10-8-17(19)18-6-2-9-23-21(18)25/h1-2,4-6,9,12H,3,7-8,10-11,13-14H2. The highest BCUT2D eigenvalue weighted by Crippen LogP contribution is 2.30. The number of fused-ring (bicyclic) bond motifs is 3. The smallest absolute Gasteiger partial charge is 0.223 e. The van der Waals surface area contributed by atoms with Gasteiger partial charge in [-0.3, -0.25) is 4.79 Å². The molecular weight excluding hydrogens is 345 g/mol. The Hall–Kier alpha value is -2.73. The van der Waals surface area contributed by atoms with Crippen LogP contribution in [0.25, 0.3) is 11.0 Å². The van der Waals surface area contributed by atoms with Gasteiger partial charge >= 0.3 is 0 Å². The first-order valence-electron chi connectivity index (χ1n) is 9.22. The van der Waals surface area contributed by atoms with Crippen LogP contribution in [-0.4, -0.2) is 33.5 Å². The molecule has 2 aromatic heterocycles. The molecule has 27 heavy (non-hydrogen) atoms. The third kappa shape index (κ3) is 3.45. The molecule has 1 radical (unpaired) electrons. The van der Waals surface area contributed by atoms with Gasteiger partial charge in [-0.15, -0.1) is 0 Å². The Kier molecular flexibility index (Phi) is 4.90. The Morgan fingerprint density at radius 2 is 2.11 bits per heavy atom. The fourth-order valence-corrected chi connectivity index (χ4v) is 3.84. The molecule has 4 rings (SSSR count). The van der Waals surface area contributed by atoms with E-state index in [0.29, 0.717) is 32.5 Å². The monoisotopic (exact) mass is 366 g/mol. The molecule has 139 valence electrons. The lowest BCUT2D eigenvalue weighted by Crippen LogP contribution is -2.36. The van der Waals surface area contributed by atoms with Crippen LogP contribution < -0.4 is 0 Å². The molecule has 1 aliphatic rings. The van der Waals surface area contributed by atoms with Crippen LogP contribution in [0.15, 0.2) is 42.6 Å². The summed E-state index contributed by atoms with van der Waals surface area (Å²) in [4.78, 5) is 18.8. The number of carbonyl (C=O) groups is 1. The quantitative estimate of drug-likeness (QED) is 0.695. The maximum absolute atomic E-state index is 13.6. The number of pyridine rings is 1. The van der Waals surface area contributed by atoms with Crippen molar-refractivity contribution < 1.29 is 14.3 Å². The van der Waals surface area contributed by atoms with Gasteiger partial charge in [0.2, 0.25) is 5.91 Å². The molecule has 0 unspecified atom stereocenters. The van der Waals surface area contributed by atoms with Crippen LogP contribution >= 0.6 is 0 Å². The Morgan fingerprint density at radius 1 is 1.22 bits per heavy atom. The lowest BCUT2D eigenvalue weighted by atomic mass is 10.0. The Morgan fingerprint density at radius 3 is 2.93 bits per heavy atom. The second kappa shape index (κ2) is 7.48. The van der Waals surface area contributed by atoms with Gasteiger partial charge in [0.1, 0.15) is 11.5 Å². The van der Waals surface area contributed by atoms with Gasteiger partial charge in [0.25, 0.3) is 0 Å². The zero-order valence-electron chi connectivity index (χ0n) is 15.0. The van der Waals surface area contributed by atoms with E-state index in [1.807, 2.05) is 17.0 Å². The van der Waals surface area contributed by atoms with Crippen molar-refractivity contribution in [1.29, 1.82) is 0 Å². The predicted molar refractivity (Wildman–Crippen MR) is 99.1 cm³/mol. The SMILES string of the molecule is [O]CCCC(=O)N1CCc2c(n(Cc3cccc(F)c3)c3ncccc23)C1. The summed E-state index contributed by atoms with van der Waals surface area (Å²) in [6.07, 6.45) is 3.18. The van der Waals surface area contributed by atoms with E-state index in [1.165, 1.54) is 17.7 Å². The van der Waals surface area contributed by atoms with Crippen LogP contribution in [0.3, 0.4) is 0 Å². The van der Waals surface area contributed by atoms with Crippen LogP contribution in [0.5, 0.6) is 0 Å². The molecule has 5 nitrogen and oxygen atoms in total. The molecule has 3 heterocycles. The van der Waals surface area contributed by atoms with Crippen molar-refractivity contribution in [3.63, 3.8) is 0 Å². The molecule has 0 N–H and O–H groups in total. The molecule has 0 atom stereocenters. The fourth-order valence-electron chi connectivity index (χ4n) is 3.84. The Balaban J connectivity index is 1.72. The molecule has 3 aromatic rings. The predicted octanol–water partition coefficient (Wildman–Crippen LogP) is 3.32. The van der Waals surface area contributed by atoms with Gasteiger partial charge in [-0.1, -0.05) is 12.1 Å². The van der Waals surface area contributed by atoms with Gasteiger partial charge in [-0.05, 0) is 48.2 Å². The van der Waals surface area contributed by atoms with Crippen molar-refractivity contribution in [3.8, 4) is 0 Å². The van der Waals surface area contributed by atoms with Crippen LogP contribution in [-0.2, 0) is 29.4 Å². The molecule has 1 aromatic carbocycles.